The Morgan fingerprint density at radius 2 is 2.29 bits per heavy atom. The summed E-state index contributed by atoms with van der Waals surface area (Å²) in [6.07, 6.45) is 4.36. The minimum atomic E-state index is 1.08. The topological polar surface area (TPSA) is 24.9 Å². The molecule has 0 amide bonds. The van der Waals surface area contributed by atoms with E-state index in [1.165, 1.54) is 18.6 Å². The smallest absolute Gasteiger partial charge is 0.0959 e. The van der Waals surface area contributed by atoms with Crippen molar-refractivity contribution in [3.05, 3.63) is 24.4 Å². The van der Waals surface area contributed by atoms with Gasteiger partial charge in [0.05, 0.1) is 5.03 Å². The number of nitrogens with one attached hydrogen (secondary N) is 1. The third kappa shape index (κ3) is 5.25. The maximum atomic E-state index is 4.26. The molecule has 78 valence electrons. The average Bonchev–Trinajstić information content (AvgIpc) is 2.25. The van der Waals surface area contributed by atoms with Crippen LogP contribution in [0.3, 0.4) is 0 Å². The van der Waals surface area contributed by atoms with Gasteiger partial charge in [0.2, 0.25) is 0 Å². The fraction of sp³-hybridized carbons (Fsp3) is 0.545. The summed E-state index contributed by atoms with van der Waals surface area (Å²) in [6, 6.07) is 6.05. The van der Waals surface area contributed by atoms with Crippen molar-refractivity contribution in [3.63, 3.8) is 0 Å². The molecule has 0 aromatic carbocycles. The first kappa shape index (κ1) is 11.5. The fourth-order valence-corrected chi connectivity index (χ4v) is 2.01. The molecule has 3 heteroatoms. The highest BCUT2D eigenvalue weighted by molar-refractivity contribution is 7.99. The Bertz CT molecular complexity index is 226. The molecule has 0 atom stereocenters. The summed E-state index contributed by atoms with van der Waals surface area (Å²) in [7, 11) is 0. The van der Waals surface area contributed by atoms with Gasteiger partial charge in [0.15, 0.2) is 0 Å². The van der Waals surface area contributed by atoms with E-state index in [1.807, 2.05) is 30.1 Å². The van der Waals surface area contributed by atoms with Gasteiger partial charge in [-0.15, -0.1) is 11.8 Å². The molecule has 0 spiro atoms. The molecule has 1 N–H and O–H groups in total. The molecule has 2 nitrogen and oxygen atoms in total. The van der Waals surface area contributed by atoms with Crippen LogP contribution in [0.4, 0.5) is 0 Å². The van der Waals surface area contributed by atoms with Crippen molar-refractivity contribution in [1.29, 1.82) is 0 Å². The number of hydrogen-bond donors (Lipinski definition) is 1. The van der Waals surface area contributed by atoms with Crippen LogP contribution in [0.5, 0.6) is 0 Å². The SMILES string of the molecule is CCNCCCCSc1ccccn1. The first-order valence-electron chi connectivity index (χ1n) is 5.18. The standard InChI is InChI=1S/C11H18N2S/c1-2-12-8-5-6-10-14-11-7-3-4-9-13-11/h3-4,7,9,12H,2,5-6,8,10H2,1H3. The van der Waals surface area contributed by atoms with Crippen molar-refractivity contribution < 1.29 is 0 Å². The molecule has 1 heterocycles. The molecule has 1 aromatic heterocycles. The van der Waals surface area contributed by atoms with Gasteiger partial charge in [-0.2, -0.15) is 0 Å². The summed E-state index contributed by atoms with van der Waals surface area (Å²) in [5.74, 6) is 1.17. The van der Waals surface area contributed by atoms with Crippen LogP contribution in [-0.2, 0) is 0 Å². The Morgan fingerprint density at radius 1 is 1.36 bits per heavy atom. The van der Waals surface area contributed by atoms with Gasteiger partial charge in [0.1, 0.15) is 0 Å². The zero-order valence-electron chi connectivity index (χ0n) is 8.70. The molecule has 0 bridgehead atoms. The van der Waals surface area contributed by atoms with Crippen LogP contribution >= 0.6 is 11.8 Å². The molecule has 0 saturated carbocycles. The first-order valence-corrected chi connectivity index (χ1v) is 6.16. The average molecular weight is 210 g/mol. The van der Waals surface area contributed by atoms with Crippen LogP contribution in [0.1, 0.15) is 19.8 Å². The number of aromatic nitrogens is 1. The van der Waals surface area contributed by atoms with E-state index in [0.717, 1.165) is 18.1 Å². The van der Waals surface area contributed by atoms with Crippen molar-refractivity contribution in [2.75, 3.05) is 18.8 Å². The van der Waals surface area contributed by atoms with Crippen molar-refractivity contribution in [3.8, 4) is 0 Å². The van der Waals surface area contributed by atoms with Crippen molar-refractivity contribution in [2.45, 2.75) is 24.8 Å². The number of nitrogens with zero attached hydrogens (tertiary/aromatic N) is 1. The van der Waals surface area contributed by atoms with Crippen LogP contribution < -0.4 is 5.32 Å². The van der Waals surface area contributed by atoms with E-state index in [0.29, 0.717) is 0 Å². The molecule has 0 aliphatic rings. The van der Waals surface area contributed by atoms with Crippen LogP contribution in [-0.4, -0.2) is 23.8 Å². The molecule has 0 radical (unpaired) electrons. The summed E-state index contributed by atoms with van der Waals surface area (Å²) in [5, 5.41) is 4.46. The second kappa shape index (κ2) is 7.83. The summed E-state index contributed by atoms with van der Waals surface area (Å²) >= 11 is 1.84. The zero-order valence-corrected chi connectivity index (χ0v) is 9.52. The van der Waals surface area contributed by atoms with Crippen LogP contribution in [0.15, 0.2) is 29.4 Å². The Labute approximate surface area is 90.5 Å². The van der Waals surface area contributed by atoms with Gasteiger partial charge < -0.3 is 5.32 Å². The summed E-state index contributed by atoms with van der Waals surface area (Å²) in [4.78, 5) is 4.26. The number of unbranched alkanes of at least 4 members (excludes halogenated alkanes) is 1. The second-order valence-electron chi connectivity index (χ2n) is 3.08. The lowest BCUT2D eigenvalue weighted by molar-refractivity contribution is 0.666. The molecular formula is C11H18N2S. The first-order chi connectivity index (χ1) is 6.93. The molecule has 0 aliphatic carbocycles. The summed E-state index contributed by atoms with van der Waals surface area (Å²) in [5.41, 5.74) is 0. The third-order valence-corrected chi connectivity index (χ3v) is 2.92. The van der Waals surface area contributed by atoms with Gasteiger partial charge in [-0.05, 0) is 43.8 Å². The minimum absolute atomic E-state index is 1.08. The van der Waals surface area contributed by atoms with Crippen molar-refractivity contribution in [1.82, 2.24) is 10.3 Å². The van der Waals surface area contributed by atoms with E-state index >= 15 is 0 Å². The van der Waals surface area contributed by atoms with Gasteiger partial charge >= 0.3 is 0 Å². The Kier molecular flexibility index (Phi) is 6.45. The number of rotatable bonds is 7. The van der Waals surface area contributed by atoms with Gasteiger partial charge in [-0.1, -0.05) is 13.0 Å². The van der Waals surface area contributed by atoms with E-state index in [9.17, 15) is 0 Å². The molecule has 0 aliphatic heterocycles. The van der Waals surface area contributed by atoms with E-state index in [1.54, 1.807) is 0 Å². The molecule has 1 aromatic rings. The highest BCUT2D eigenvalue weighted by Gasteiger charge is 1.93. The molecular weight excluding hydrogens is 192 g/mol. The van der Waals surface area contributed by atoms with Gasteiger partial charge in [0, 0.05) is 6.20 Å². The fourth-order valence-electron chi connectivity index (χ4n) is 1.14. The lowest BCUT2D eigenvalue weighted by Gasteiger charge is -2.01. The second-order valence-corrected chi connectivity index (χ2v) is 4.19. The maximum absolute atomic E-state index is 4.26. The van der Waals surface area contributed by atoms with Crippen LogP contribution in [0.25, 0.3) is 0 Å². The van der Waals surface area contributed by atoms with Gasteiger partial charge in [-0.3, -0.25) is 0 Å². The molecule has 0 unspecified atom stereocenters. The maximum Gasteiger partial charge on any atom is 0.0959 e. The molecule has 0 saturated heterocycles. The molecule has 14 heavy (non-hydrogen) atoms. The zero-order chi connectivity index (χ0) is 10.1. The normalized spacial score (nSPS) is 10.4. The minimum Gasteiger partial charge on any atom is -0.317 e. The largest absolute Gasteiger partial charge is 0.317 e. The predicted molar refractivity (Wildman–Crippen MR) is 62.7 cm³/mol. The quantitative estimate of drug-likeness (QED) is 0.553. The summed E-state index contributed by atoms with van der Waals surface area (Å²) < 4.78 is 0. The van der Waals surface area contributed by atoms with Crippen molar-refractivity contribution in [2.24, 2.45) is 0 Å². The Hall–Kier alpha value is -0.540. The van der Waals surface area contributed by atoms with E-state index in [2.05, 4.69) is 23.3 Å². The Morgan fingerprint density at radius 3 is 3.00 bits per heavy atom. The lowest BCUT2D eigenvalue weighted by atomic mass is 10.3. The van der Waals surface area contributed by atoms with E-state index in [4.69, 9.17) is 0 Å². The van der Waals surface area contributed by atoms with E-state index < -0.39 is 0 Å². The highest BCUT2D eigenvalue weighted by atomic mass is 32.2. The van der Waals surface area contributed by atoms with Gasteiger partial charge in [-0.25, -0.2) is 4.98 Å². The summed E-state index contributed by atoms with van der Waals surface area (Å²) in [6.45, 7) is 4.36. The van der Waals surface area contributed by atoms with Gasteiger partial charge in [0.25, 0.3) is 0 Å². The lowest BCUT2D eigenvalue weighted by Crippen LogP contribution is -2.13. The van der Waals surface area contributed by atoms with Crippen molar-refractivity contribution >= 4 is 11.8 Å². The monoisotopic (exact) mass is 210 g/mol. The van der Waals surface area contributed by atoms with Crippen LogP contribution in [0.2, 0.25) is 0 Å². The molecule has 0 fully saturated rings. The number of pyridine rings is 1. The number of thioether (sulfide) groups is 1. The van der Waals surface area contributed by atoms with Crippen LogP contribution in [0, 0.1) is 0 Å². The number of hydrogen-bond acceptors (Lipinski definition) is 3. The third-order valence-electron chi connectivity index (χ3n) is 1.89. The highest BCUT2D eigenvalue weighted by Crippen LogP contribution is 2.15. The van der Waals surface area contributed by atoms with E-state index in [-0.39, 0.29) is 0 Å². The molecule has 1 rings (SSSR count). The Balaban J connectivity index is 1.99. The predicted octanol–water partition coefficient (Wildman–Crippen LogP) is 2.56.